The second kappa shape index (κ2) is 17.0. The van der Waals surface area contributed by atoms with E-state index in [4.69, 9.17) is 15.0 Å². The van der Waals surface area contributed by atoms with E-state index in [0.29, 0.717) is 0 Å². The molecular formula is C75H45N9. The van der Waals surface area contributed by atoms with Gasteiger partial charge in [0.1, 0.15) is 0 Å². The summed E-state index contributed by atoms with van der Waals surface area (Å²) in [7, 11) is 0. The van der Waals surface area contributed by atoms with Crippen LogP contribution < -0.4 is 0 Å². The van der Waals surface area contributed by atoms with Crippen molar-refractivity contribution in [2.75, 3.05) is 0 Å². The van der Waals surface area contributed by atoms with Crippen molar-refractivity contribution in [3.05, 3.63) is 274 Å². The molecule has 9 nitrogen and oxygen atoms in total. The fourth-order valence-electron chi connectivity index (χ4n) is 14.6. The first-order valence-corrected chi connectivity index (χ1v) is 28.5. The number of para-hydroxylation sites is 9. The van der Waals surface area contributed by atoms with Gasteiger partial charge in [0.05, 0.1) is 100 Å². The van der Waals surface area contributed by atoms with Crippen molar-refractivity contribution < 1.29 is 0 Å². The molecule has 19 rings (SSSR count). The third kappa shape index (κ3) is 5.88. The highest BCUT2D eigenvalue weighted by Crippen LogP contribution is 2.54. The molecule has 0 aliphatic heterocycles. The Labute approximate surface area is 478 Å². The molecule has 0 unspecified atom stereocenters. The number of rotatable bonds is 6. The number of aromatic nitrogens is 9. The Bertz CT molecular complexity index is 4730. The van der Waals surface area contributed by atoms with Gasteiger partial charge in [0.2, 0.25) is 0 Å². The van der Waals surface area contributed by atoms with E-state index in [1.807, 2.05) is 37.2 Å². The monoisotopic (exact) mass is 1070 g/mol. The minimum absolute atomic E-state index is 0.963. The highest BCUT2D eigenvalue weighted by atomic mass is 15.2. The Balaban J connectivity index is 1.25. The number of fused-ring (bicyclic) bond motifs is 18. The van der Waals surface area contributed by atoms with E-state index >= 15 is 0 Å². The van der Waals surface area contributed by atoms with Gasteiger partial charge >= 0.3 is 0 Å². The molecular weight excluding hydrogens is 1030 g/mol. The first kappa shape index (κ1) is 45.2. The Morgan fingerprint density at radius 3 is 0.476 bits per heavy atom. The largest absolute Gasteiger partial charge is 0.305 e. The van der Waals surface area contributed by atoms with Gasteiger partial charge in [0.25, 0.3) is 0 Å². The molecule has 0 saturated heterocycles. The minimum Gasteiger partial charge on any atom is -0.305 e. The molecule has 19 aromatic rings. The zero-order valence-electron chi connectivity index (χ0n) is 45.0. The van der Waals surface area contributed by atoms with Crippen molar-refractivity contribution in [3.8, 4) is 34.1 Å². The van der Waals surface area contributed by atoms with Crippen LogP contribution in [0.15, 0.2) is 274 Å². The molecule has 9 heterocycles. The van der Waals surface area contributed by atoms with E-state index in [0.717, 1.165) is 165 Å². The number of hydrogen-bond donors (Lipinski definition) is 0. The highest BCUT2D eigenvalue weighted by Gasteiger charge is 2.38. The van der Waals surface area contributed by atoms with Gasteiger partial charge in [-0.2, -0.15) is 0 Å². The highest BCUT2D eigenvalue weighted by molar-refractivity contribution is 6.19. The van der Waals surface area contributed by atoms with E-state index in [1.54, 1.807) is 0 Å². The minimum atomic E-state index is 0.963. The number of pyridine rings is 3. The van der Waals surface area contributed by atoms with Crippen molar-refractivity contribution in [2.45, 2.75) is 0 Å². The maximum Gasteiger partial charge on any atom is 0.0992 e. The fraction of sp³-hybridized carbons (Fsp3) is 0. The molecule has 0 aliphatic carbocycles. The maximum atomic E-state index is 4.89. The smallest absolute Gasteiger partial charge is 0.0992 e. The second-order valence-corrected chi connectivity index (χ2v) is 21.9. The van der Waals surface area contributed by atoms with Crippen LogP contribution in [0.1, 0.15) is 0 Å². The van der Waals surface area contributed by atoms with Gasteiger partial charge in [0.15, 0.2) is 0 Å². The van der Waals surface area contributed by atoms with Crippen LogP contribution in [0.3, 0.4) is 0 Å². The molecule has 0 fully saturated rings. The van der Waals surface area contributed by atoms with Crippen molar-refractivity contribution >= 4 is 131 Å². The lowest BCUT2D eigenvalue weighted by Gasteiger charge is -2.32. The van der Waals surface area contributed by atoms with Crippen molar-refractivity contribution in [1.82, 2.24) is 42.4 Å². The van der Waals surface area contributed by atoms with E-state index in [2.05, 4.69) is 264 Å². The summed E-state index contributed by atoms with van der Waals surface area (Å²) in [6, 6.07) is 87.0. The maximum absolute atomic E-state index is 4.89. The van der Waals surface area contributed by atoms with E-state index in [-0.39, 0.29) is 0 Å². The van der Waals surface area contributed by atoms with Crippen molar-refractivity contribution in [2.24, 2.45) is 0 Å². The molecule has 10 aromatic carbocycles. The number of nitrogens with zero attached hydrogens (tertiary/aromatic N) is 9. The van der Waals surface area contributed by atoms with E-state index in [9.17, 15) is 0 Å². The summed E-state index contributed by atoms with van der Waals surface area (Å²) in [5.74, 6) is 0. The van der Waals surface area contributed by atoms with E-state index < -0.39 is 0 Å². The molecule has 0 aliphatic rings. The van der Waals surface area contributed by atoms with Crippen LogP contribution in [-0.4, -0.2) is 42.4 Å². The topological polar surface area (TPSA) is 68.2 Å². The van der Waals surface area contributed by atoms with Gasteiger partial charge in [-0.3, -0.25) is 15.0 Å². The van der Waals surface area contributed by atoms with Crippen molar-refractivity contribution in [1.29, 1.82) is 0 Å². The Hall–Kier alpha value is -11.6. The molecule has 0 spiro atoms. The predicted octanol–water partition coefficient (Wildman–Crippen LogP) is 18.5. The summed E-state index contributed by atoms with van der Waals surface area (Å²) in [6.07, 6.45) is 12.0. The molecule has 9 aromatic heterocycles. The SMILES string of the molecule is c1ccc2c(c1)c1ccccc1n2-c1c(-n2c3ccccc3c3ccccc32)c(-n2c3ccccc3c3cnccc32)c(-n2c3ccccc3c3cnccc32)c(-n2c3ccccc3c3cnccc32)c1-n1c2ccccc2c2ccccc21. The zero-order valence-corrected chi connectivity index (χ0v) is 45.0. The second-order valence-electron chi connectivity index (χ2n) is 21.9. The summed E-state index contributed by atoms with van der Waals surface area (Å²) in [4.78, 5) is 14.7. The van der Waals surface area contributed by atoms with Crippen LogP contribution in [0.2, 0.25) is 0 Å². The van der Waals surface area contributed by atoms with Crippen LogP contribution in [0, 0.1) is 0 Å². The molecule has 84 heavy (non-hydrogen) atoms. The predicted molar refractivity (Wildman–Crippen MR) is 346 cm³/mol. The summed E-state index contributed by atoms with van der Waals surface area (Å²) >= 11 is 0. The molecule has 0 amide bonds. The van der Waals surface area contributed by atoms with Gasteiger partial charge in [0, 0.05) is 102 Å². The summed E-state index contributed by atoms with van der Waals surface area (Å²) < 4.78 is 15.5. The lowest BCUT2D eigenvalue weighted by Crippen LogP contribution is -2.20. The summed E-state index contributed by atoms with van der Waals surface area (Å²) in [5.41, 5.74) is 18.5. The summed E-state index contributed by atoms with van der Waals surface area (Å²) in [5, 5.41) is 13.4. The first-order valence-electron chi connectivity index (χ1n) is 28.5. The van der Waals surface area contributed by atoms with Crippen LogP contribution in [0.4, 0.5) is 0 Å². The quantitative estimate of drug-likeness (QED) is 0.167. The van der Waals surface area contributed by atoms with Gasteiger partial charge < -0.3 is 27.4 Å². The Morgan fingerprint density at radius 1 is 0.155 bits per heavy atom. The fourth-order valence-corrected chi connectivity index (χ4v) is 14.6. The van der Waals surface area contributed by atoms with Crippen LogP contribution >= 0.6 is 0 Å². The average molecular weight is 1070 g/mol. The van der Waals surface area contributed by atoms with Gasteiger partial charge in [-0.05, 0) is 72.8 Å². The zero-order chi connectivity index (χ0) is 54.7. The van der Waals surface area contributed by atoms with Crippen LogP contribution in [0.25, 0.3) is 165 Å². The molecule has 0 atom stereocenters. The average Bonchev–Trinajstić information content (AvgIpc) is 1.51. The molecule has 390 valence electrons. The lowest BCUT2D eigenvalue weighted by molar-refractivity contribution is 0.970. The van der Waals surface area contributed by atoms with Gasteiger partial charge in [-0.15, -0.1) is 0 Å². The molecule has 0 N–H and O–H groups in total. The Morgan fingerprint density at radius 2 is 0.298 bits per heavy atom. The third-order valence-electron chi connectivity index (χ3n) is 17.8. The first-order chi connectivity index (χ1) is 41.8. The molecule has 0 saturated carbocycles. The standard InChI is InChI=1S/C75H45N9/c1-10-28-58-46(19-1)47-20-2-11-29-59(47)79(58)70-71(80-60-30-12-3-21-48(60)49-22-4-13-31-61(49)80)73(82-64-34-16-7-25-52(64)55-43-76-40-37-67(55)82)75(84-66-36-18-9-27-54(66)57-45-78-42-39-69(57)84)74(83-65-35-17-8-26-53(65)56-44-77-41-38-68(56)83)72(70)81-62-32-14-5-23-50(62)51-24-6-15-33-63(51)81/h1-45H. The van der Waals surface area contributed by atoms with Gasteiger partial charge in [-0.25, -0.2) is 0 Å². The third-order valence-corrected chi connectivity index (χ3v) is 17.8. The van der Waals surface area contributed by atoms with Crippen LogP contribution in [0.5, 0.6) is 0 Å². The molecule has 0 bridgehead atoms. The lowest BCUT2D eigenvalue weighted by atomic mass is 10.0. The number of benzene rings is 10. The molecule has 0 radical (unpaired) electrons. The molecule has 9 heteroatoms. The summed E-state index contributed by atoms with van der Waals surface area (Å²) in [6.45, 7) is 0. The van der Waals surface area contributed by atoms with Gasteiger partial charge in [-0.1, -0.05) is 164 Å². The van der Waals surface area contributed by atoms with Crippen LogP contribution in [-0.2, 0) is 0 Å². The number of hydrogen-bond acceptors (Lipinski definition) is 3. The normalized spacial score (nSPS) is 12.3. The van der Waals surface area contributed by atoms with E-state index in [1.165, 1.54) is 0 Å². The van der Waals surface area contributed by atoms with Crippen molar-refractivity contribution in [3.63, 3.8) is 0 Å². The Kier molecular flexibility index (Phi) is 9.15.